The molecule has 3 rings (SSSR count). The normalized spacial score (nSPS) is 11.2. The van der Waals surface area contributed by atoms with Crippen LogP contribution < -0.4 is 0 Å². The molecule has 0 bridgehead atoms. The Hall–Kier alpha value is -2.35. The molecule has 2 nitrogen and oxygen atoms in total. The first-order chi connectivity index (χ1) is 9.66. The molecule has 3 aromatic carbocycles. The van der Waals surface area contributed by atoms with Crippen molar-refractivity contribution in [3.63, 3.8) is 0 Å². The number of carbonyl (C=O) groups excluding carboxylic acids is 1. The van der Waals surface area contributed by atoms with Crippen molar-refractivity contribution in [2.45, 2.75) is 20.0 Å². The number of hydrogen-bond donors (Lipinski definition) is 0. The van der Waals surface area contributed by atoms with Gasteiger partial charge in [0.25, 0.3) is 0 Å². The molecule has 0 N–H and O–H groups in total. The molecule has 0 saturated carbocycles. The summed E-state index contributed by atoms with van der Waals surface area (Å²) >= 11 is 0. The predicted molar refractivity (Wildman–Crippen MR) is 82.0 cm³/mol. The van der Waals surface area contributed by atoms with Crippen LogP contribution >= 0.6 is 0 Å². The van der Waals surface area contributed by atoms with Gasteiger partial charge in [0.1, 0.15) is 0 Å². The van der Waals surface area contributed by atoms with Crippen molar-refractivity contribution >= 4 is 27.5 Å². The van der Waals surface area contributed by atoms with Crippen molar-refractivity contribution in [1.82, 2.24) is 0 Å². The van der Waals surface area contributed by atoms with Gasteiger partial charge < -0.3 is 4.74 Å². The molecule has 0 aromatic heterocycles. The van der Waals surface area contributed by atoms with Gasteiger partial charge in [-0.3, -0.25) is 0 Å². The Morgan fingerprint density at radius 1 is 0.900 bits per heavy atom. The molecule has 0 saturated heterocycles. The highest BCUT2D eigenvalue weighted by atomic mass is 16.5. The standard InChI is InChI=1S/C18H16O2/c1-12(2)20-18(19)16-8-4-3-6-14-11-10-13-7-5-9-15(13)17(14)16/h3-12H,1-2H3. The van der Waals surface area contributed by atoms with Gasteiger partial charge in [0.15, 0.2) is 0 Å². The second kappa shape index (κ2) is 4.97. The van der Waals surface area contributed by atoms with Gasteiger partial charge in [-0.05, 0) is 36.1 Å². The molecule has 2 heteroatoms. The fourth-order valence-electron chi connectivity index (χ4n) is 2.51. The zero-order valence-corrected chi connectivity index (χ0v) is 11.6. The molecular formula is C18H16O2. The molecule has 0 spiro atoms. The molecule has 3 aromatic rings. The van der Waals surface area contributed by atoms with Crippen LogP contribution in [-0.4, -0.2) is 12.1 Å². The molecule has 100 valence electrons. The topological polar surface area (TPSA) is 26.3 Å². The summed E-state index contributed by atoms with van der Waals surface area (Å²) < 4.78 is 5.37. The third-order valence-electron chi connectivity index (χ3n) is 3.33. The van der Waals surface area contributed by atoms with Crippen LogP contribution in [0.5, 0.6) is 0 Å². The van der Waals surface area contributed by atoms with Crippen LogP contribution in [0, 0.1) is 0 Å². The summed E-state index contributed by atoms with van der Waals surface area (Å²) in [5.41, 5.74) is 0.621. The van der Waals surface area contributed by atoms with Crippen molar-refractivity contribution in [3.8, 4) is 0 Å². The van der Waals surface area contributed by atoms with Gasteiger partial charge in [0.05, 0.1) is 11.7 Å². The minimum absolute atomic E-state index is 0.123. The quantitative estimate of drug-likeness (QED) is 0.634. The van der Waals surface area contributed by atoms with Crippen LogP contribution in [0.3, 0.4) is 0 Å². The summed E-state index contributed by atoms with van der Waals surface area (Å²) in [6.07, 6.45) is -0.123. The number of benzene rings is 1. The minimum Gasteiger partial charge on any atom is -0.459 e. The van der Waals surface area contributed by atoms with E-state index >= 15 is 0 Å². The molecular weight excluding hydrogens is 248 g/mol. The number of esters is 1. The van der Waals surface area contributed by atoms with Crippen molar-refractivity contribution in [1.29, 1.82) is 0 Å². The van der Waals surface area contributed by atoms with Gasteiger partial charge in [-0.15, -0.1) is 0 Å². The number of fused-ring (bicyclic) bond motifs is 3. The van der Waals surface area contributed by atoms with Crippen LogP contribution in [0.15, 0.2) is 54.6 Å². The summed E-state index contributed by atoms with van der Waals surface area (Å²) in [4.78, 5) is 12.4. The highest BCUT2D eigenvalue weighted by Crippen LogP contribution is 2.29. The van der Waals surface area contributed by atoms with Crippen molar-refractivity contribution in [3.05, 3.63) is 60.2 Å². The molecule has 0 aliphatic carbocycles. The summed E-state index contributed by atoms with van der Waals surface area (Å²) in [6.45, 7) is 3.72. The van der Waals surface area contributed by atoms with Crippen molar-refractivity contribution in [2.24, 2.45) is 0 Å². The number of carbonyl (C=O) groups is 1. The van der Waals surface area contributed by atoms with Crippen LogP contribution in [0.4, 0.5) is 0 Å². The molecule has 0 amide bonds. The van der Waals surface area contributed by atoms with Crippen molar-refractivity contribution < 1.29 is 9.53 Å². The molecule has 20 heavy (non-hydrogen) atoms. The average molecular weight is 264 g/mol. The fraction of sp³-hybridized carbons (Fsp3) is 0.167. The van der Waals surface area contributed by atoms with E-state index in [4.69, 9.17) is 4.74 Å². The SMILES string of the molecule is CC(C)OC(=O)c1ccccc2ccc3cccc3c12. The Morgan fingerprint density at radius 2 is 1.60 bits per heavy atom. The van der Waals surface area contributed by atoms with Gasteiger partial charge >= 0.3 is 5.97 Å². The third kappa shape index (κ3) is 2.14. The van der Waals surface area contributed by atoms with E-state index in [-0.39, 0.29) is 12.1 Å². The molecule has 0 aliphatic heterocycles. The number of rotatable bonds is 2. The van der Waals surface area contributed by atoms with Gasteiger partial charge in [-0.1, -0.05) is 48.5 Å². The summed E-state index contributed by atoms with van der Waals surface area (Å²) in [5.74, 6) is -0.269. The molecule has 0 radical (unpaired) electrons. The van der Waals surface area contributed by atoms with E-state index < -0.39 is 0 Å². The Kier molecular flexibility index (Phi) is 3.15. The zero-order valence-electron chi connectivity index (χ0n) is 11.6. The summed E-state index contributed by atoms with van der Waals surface area (Å²) in [5, 5.41) is 4.24. The van der Waals surface area contributed by atoms with Crippen molar-refractivity contribution in [2.75, 3.05) is 0 Å². The first kappa shape index (κ1) is 12.7. The molecule has 0 fully saturated rings. The lowest BCUT2D eigenvalue weighted by Crippen LogP contribution is -2.11. The van der Waals surface area contributed by atoms with E-state index in [1.54, 1.807) is 0 Å². The van der Waals surface area contributed by atoms with Gasteiger partial charge in [-0.25, -0.2) is 4.79 Å². The molecule has 0 heterocycles. The van der Waals surface area contributed by atoms with E-state index in [1.165, 1.54) is 0 Å². The van der Waals surface area contributed by atoms with E-state index in [2.05, 4.69) is 12.1 Å². The maximum atomic E-state index is 12.4. The Labute approximate surface area is 118 Å². The fourth-order valence-corrected chi connectivity index (χ4v) is 2.51. The minimum atomic E-state index is -0.269. The third-order valence-corrected chi connectivity index (χ3v) is 3.33. The maximum Gasteiger partial charge on any atom is 0.339 e. The lowest BCUT2D eigenvalue weighted by atomic mass is 10.0. The lowest BCUT2D eigenvalue weighted by Gasteiger charge is -2.09. The first-order valence-electron chi connectivity index (χ1n) is 6.78. The van der Waals surface area contributed by atoms with Crippen LogP contribution in [0.25, 0.3) is 21.5 Å². The second-order valence-electron chi connectivity index (χ2n) is 5.14. The Morgan fingerprint density at radius 3 is 2.40 bits per heavy atom. The number of ether oxygens (including phenoxy) is 1. The van der Waals surface area contributed by atoms with Gasteiger partial charge in [-0.2, -0.15) is 0 Å². The summed E-state index contributed by atoms with van der Waals surface area (Å²) in [7, 11) is 0. The van der Waals surface area contributed by atoms with Gasteiger partial charge in [0.2, 0.25) is 0 Å². The number of hydrogen-bond acceptors (Lipinski definition) is 2. The highest BCUT2D eigenvalue weighted by molar-refractivity contribution is 6.16. The van der Waals surface area contributed by atoms with E-state index in [9.17, 15) is 4.79 Å². The van der Waals surface area contributed by atoms with Crippen LogP contribution in [-0.2, 0) is 4.74 Å². The Bertz CT molecular complexity index is 788. The first-order valence-corrected chi connectivity index (χ1v) is 6.78. The van der Waals surface area contributed by atoms with E-state index in [0.29, 0.717) is 5.56 Å². The van der Waals surface area contributed by atoms with Gasteiger partial charge in [0, 0.05) is 5.39 Å². The van der Waals surface area contributed by atoms with E-state index in [0.717, 1.165) is 21.5 Å². The maximum absolute atomic E-state index is 12.4. The lowest BCUT2D eigenvalue weighted by molar-refractivity contribution is 0.0380. The van der Waals surface area contributed by atoms with E-state index in [1.807, 2.05) is 56.3 Å². The average Bonchev–Trinajstić information content (AvgIpc) is 2.76. The predicted octanol–water partition coefficient (Wildman–Crippen LogP) is 4.56. The largest absolute Gasteiger partial charge is 0.459 e. The molecule has 0 unspecified atom stereocenters. The zero-order chi connectivity index (χ0) is 14.1. The second-order valence-corrected chi connectivity index (χ2v) is 5.14. The monoisotopic (exact) mass is 264 g/mol. The smallest absolute Gasteiger partial charge is 0.339 e. The Balaban J connectivity index is 2.35. The van der Waals surface area contributed by atoms with Crippen LogP contribution in [0.2, 0.25) is 0 Å². The molecule has 0 aliphatic rings. The highest BCUT2D eigenvalue weighted by Gasteiger charge is 2.14. The molecule has 0 atom stereocenters. The summed E-state index contributed by atoms with van der Waals surface area (Å²) in [6, 6.07) is 17.9. The van der Waals surface area contributed by atoms with Crippen LogP contribution in [0.1, 0.15) is 24.2 Å².